The summed E-state index contributed by atoms with van der Waals surface area (Å²) >= 11 is 0. The Balaban J connectivity index is 2.27. The van der Waals surface area contributed by atoms with Crippen molar-refractivity contribution >= 4 is 10.0 Å². The van der Waals surface area contributed by atoms with Gasteiger partial charge in [-0.1, -0.05) is 0 Å². The monoisotopic (exact) mass is 259 g/mol. The van der Waals surface area contributed by atoms with Gasteiger partial charge in [0.25, 0.3) is 10.0 Å². The molecule has 0 aromatic carbocycles. The number of aromatic amines is 1. The smallest absolute Gasteiger partial charge is 0.260 e. The van der Waals surface area contributed by atoms with Gasteiger partial charge in [-0.2, -0.15) is 4.31 Å². The quantitative estimate of drug-likeness (QED) is 0.797. The van der Waals surface area contributed by atoms with Crippen molar-refractivity contribution < 1.29 is 13.5 Å². The molecular weight excluding hydrogens is 242 g/mol. The summed E-state index contributed by atoms with van der Waals surface area (Å²) in [6, 6.07) is 0. The molecule has 1 aliphatic heterocycles. The molecule has 0 spiro atoms. The van der Waals surface area contributed by atoms with Gasteiger partial charge in [0, 0.05) is 13.1 Å². The lowest BCUT2D eigenvalue weighted by Gasteiger charge is -2.35. The van der Waals surface area contributed by atoms with E-state index in [4.69, 9.17) is 0 Å². The van der Waals surface area contributed by atoms with Crippen LogP contribution in [0.15, 0.2) is 11.2 Å². The highest BCUT2D eigenvalue weighted by Crippen LogP contribution is 2.25. The van der Waals surface area contributed by atoms with Gasteiger partial charge in [0.1, 0.15) is 5.82 Å². The minimum atomic E-state index is -3.56. The SMILES string of the molecule is Cc1ncc(S(=O)(=O)N2CCCC(C)(O)C2)[nH]1. The fraction of sp³-hybridized carbons (Fsp3) is 0.700. The summed E-state index contributed by atoms with van der Waals surface area (Å²) in [7, 11) is -3.56. The maximum Gasteiger partial charge on any atom is 0.260 e. The van der Waals surface area contributed by atoms with Gasteiger partial charge in [-0.05, 0) is 26.7 Å². The third-order valence-corrected chi connectivity index (χ3v) is 4.69. The summed E-state index contributed by atoms with van der Waals surface area (Å²) < 4.78 is 25.8. The first-order chi connectivity index (χ1) is 7.81. The lowest BCUT2D eigenvalue weighted by atomic mass is 9.97. The van der Waals surface area contributed by atoms with Gasteiger partial charge in [-0.3, -0.25) is 0 Å². The molecule has 2 N–H and O–H groups in total. The Morgan fingerprint density at radius 3 is 2.82 bits per heavy atom. The Labute approximate surface area is 101 Å². The lowest BCUT2D eigenvalue weighted by molar-refractivity contribution is 0.00934. The van der Waals surface area contributed by atoms with Crippen LogP contribution in [0.4, 0.5) is 0 Å². The molecular formula is C10H17N3O3S. The van der Waals surface area contributed by atoms with Crippen LogP contribution in [0.2, 0.25) is 0 Å². The summed E-state index contributed by atoms with van der Waals surface area (Å²) in [6.07, 6.45) is 2.61. The number of sulfonamides is 1. The molecule has 0 radical (unpaired) electrons. The van der Waals surface area contributed by atoms with Crippen LogP contribution in [0.25, 0.3) is 0 Å². The average Bonchev–Trinajstić information content (AvgIpc) is 2.64. The molecule has 0 aliphatic carbocycles. The summed E-state index contributed by atoms with van der Waals surface area (Å²) in [5, 5.41) is 10.0. The van der Waals surface area contributed by atoms with E-state index in [0.29, 0.717) is 25.2 Å². The van der Waals surface area contributed by atoms with E-state index in [0.717, 1.165) is 0 Å². The van der Waals surface area contributed by atoms with E-state index in [9.17, 15) is 13.5 Å². The van der Waals surface area contributed by atoms with Crippen LogP contribution in [-0.4, -0.2) is 46.5 Å². The number of aryl methyl sites for hydroxylation is 1. The molecule has 0 saturated carbocycles. The Hall–Kier alpha value is -0.920. The molecule has 1 atom stereocenters. The Kier molecular flexibility index (Phi) is 3.01. The number of hydrogen-bond acceptors (Lipinski definition) is 4. The fourth-order valence-electron chi connectivity index (χ4n) is 2.05. The van der Waals surface area contributed by atoms with E-state index in [1.165, 1.54) is 10.5 Å². The molecule has 1 aromatic rings. The number of nitrogens with zero attached hydrogens (tertiary/aromatic N) is 2. The van der Waals surface area contributed by atoms with Gasteiger partial charge in [0.05, 0.1) is 11.8 Å². The molecule has 1 unspecified atom stereocenters. The van der Waals surface area contributed by atoms with E-state index in [1.54, 1.807) is 13.8 Å². The maximum absolute atomic E-state index is 12.2. The van der Waals surface area contributed by atoms with Crippen molar-refractivity contribution in [2.75, 3.05) is 13.1 Å². The van der Waals surface area contributed by atoms with Crippen LogP contribution in [0.1, 0.15) is 25.6 Å². The standard InChI is InChI=1S/C10H17N3O3S/c1-8-11-6-9(12-8)17(15,16)13-5-3-4-10(2,14)7-13/h6,14H,3-5,7H2,1-2H3,(H,11,12). The third-order valence-electron chi connectivity index (χ3n) is 2.94. The van der Waals surface area contributed by atoms with E-state index in [-0.39, 0.29) is 11.6 Å². The van der Waals surface area contributed by atoms with Gasteiger partial charge < -0.3 is 10.1 Å². The molecule has 2 rings (SSSR count). The molecule has 0 bridgehead atoms. The Morgan fingerprint density at radius 1 is 1.59 bits per heavy atom. The van der Waals surface area contributed by atoms with Gasteiger partial charge in [-0.15, -0.1) is 0 Å². The van der Waals surface area contributed by atoms with Crippen molar-refractivity contribution in [3.8, 4) is 0 Å². The van der Waals surface area contributed by atoms with E-state index >= 15 is 0 Å². The second kappa shape index (κ2) is 4.08. The van der Waals surface area contributed by atoms with Gasteiger partial charge in [0.2, 0.25) is 0 Å². The first-order valence-corrected chi connectivity index (χ1v) is 6.99. The maximum atomic E-state index is 12.2. The number of H-pyrrole nitrogens is 1. The first kappa shape index (κ1) is 12.5. The number of aliphatic hydroxyl groups is 1. The molecule has 2 heterocycles. The van der Waals surface area contributed by atoms with Crippen molar-refractivity contribution in [1.29, 1.82) is 0 Å². The summed E-state index contributed by atoms with van der Waals surface area (Å²) in [5.41, 5.74) is -0.944. The number of rotatable bonds is 2. The van der Waals surface area contributed by atoms with E-state index < -0.39 is 15.6 Å². The van der Waals surface area contributed by atoms with Crippen LogP contribution < -0.4 is 0 Å². The molecule has 17 heavy (non-hydrogen) atoms. The van der Waals surface area contributed by atoms with Crippen LogP contribution in [0.3, 0.4) is 0 Å². The summed E-state index contributed by atoms with van der Waals surface area (Å²) in [6.45, 7) is 3.93. The largest absolute Gasteiger partial charge is 0.389 e. The number of hydrogen-bond donors (Lipinski definition) is 2. The summed E-state index contributed by atoms with van der Waals surface area (Å²) in [4.78, 5) is 6.61. The second-order valence-corrected chi connectivity index (χ2v) is 6.68. The van der Waals surface area contributed by atoms with Crippen molar-refractivity contribution in [1.82, 2.24) is 14.3 Å². The van der Waals surface area contributed by atoms with Crippen LogP contribution in [0, 0.1) is 6.92 Å². The lowest BCUT2D eigenvalue weighted by Crippen LogP contribution is -2.48. The minimum absolute atomic E-state index is 0.0905. The fourth-order valence-corrected chi connectivity index (χ4v) is 3.61. The highest BCUT2D eigenvalue weighted by molar-refractivity contribution is 7.89. The van der Waals surface area contributed by atoms with E-state index in [1.807, 2.05) is 0 Å². The normalized spacial score (nSPS) is 27.2. The number of nitrogens with one attached hydrogen (secondary N) is 1. The molecule has 1 aromatic heterocycles. The van der Waals surface area contributed by atoms with Crippen molar-refractivity contribution in [3.05, 3.63) is 12.0 Å². The number of β-amino-alcohol motifs (C(OH)–C–C–N with tert-alkyl or cyclic N) is 1. The molecule has 7 heteroatoms. The highest BCUT2D eigenvalue weighted by Gasteiger charge is 2.36. The van der Waals surface area contributed by atoms with Crippen molar-refractivity contribution in [2.24, 2.45) is 0 Å². The topological polar surface area (TPSA) is 86.3 Å². The second-order valence-electron chi connectivity index (χ2n) is 4.77. The van der Waals surface area contributed by atoms with Gasteiger partial charge in [0.15, 0.2) is 5.03 Å². The molecule has 1 fully saturated rings. The molecule has 6 nitrogen and oxygen atoms in total. The number of piperidine rings is 1. The molecule has 0 amide bonds. The highest BCUT2D eigenvalue weighted by atomic mass is 32.2. The van der Waals surface area contributed by atoms with Crippen LogP contribution >= 0.6 is 0 Å². The number of imidazole rings is 1. The van der Waals surface area contributed by atoms with Crippen molar-refractivity contribution in [2.45, 2.75) is 37.3 Å². The molecule has 1 aliphatic rings. The van der Waals surface area contributed by atoms with Gasteiger partial charge in [-0.25, -0.2) is 13.4 Å². The number of aromatic nitrogens is 2. The van der Waals surface area contributed by atoms with E-state index in [2.05, 4.69) is 9.97 Å². The Bertz CT molecular complexity index is 507. The van der Waals surface area contributed by atoms with Gasteiger partial charge >= 0.3 is 0 Å². The van der Waals surface area contributed by atoms with Crippen molar-refractivity contribution in [3.63, 3.8) is 0 Å². The zero-order valence-corrected chi connectivity index (χ0v) is 10.8. The zero-order chi connectivity index (χ0) is 12.7. The Morgan fingerprint density at radius 2 is 2.29 bits per heavy atom. The predicted octanol–water partition coefficient (Wildman–Crippen LogP) is 0.254. The zero-order valence-electron chi connectivity index (χ0n) is 9.97. The third kappa shape index (κ3) is 2.51. The average molecular weight is 259 g/mol. The first-order valence-electron chi connectivity index (χ1n) is 5.55. The van der Waals surface area contributed by atoms with Crippen LogP contribution in [0.5, 0.6) is 0 Å². The molecule has 1 saturated heterocycles. The van der Waals surface area contributed by atoms with Crippen LogP contribution in [-0.2, 0) is 10.0 Å². The minimum Gasteiger partial charge on any atom is -0.389 e. The predicted molar refractivity (Wildman–Crippen MR) is 61.9 cm³/mol. The molecule has 96 valence electrons. The summed E-state index contributed by atoms with van der Waals surface area (Å²) in [5.74, 6) is 0.562.